The normalized spacial score (nSPS) is 14.2. The van der Waals surface area contributed by atoms with Crippen LogP contribution in [0.5, 0.6) is 17.2 Å². The predicted molar refractivity (Wildman–Crippen MR) is 121 cm³/mol. The zero-order valence-electron chi connectivity index (χ0n) is 18.3. The van der Waals surface area contributed by atoms with Crippen LogP contribution in [0.1, 0.15) is 43.8 Å². The van der Waals surface area contributed by atoms with Crippen molar-refractivity contribution in [1.29, 1.82) is 0 Å². The zero-order valence-corrected chi connectivity index (χ0v) is 19.2. The van der Waals surface area contributed by atoms with Gasteiger partial charge in [-0.2, -0.15) is 0 Å². The molecule has 8 nitrogen and oxygen atoms in total. The van der Waals surface area contributed by atoms with E-state index in [1.807, 2.05) is 6.08 Å². The third kappa shape index (κ3) is 5.52. The van der Waals surface area contributed by atoms with E-state index in [9.17, 15) is 4.79 Å². The number of nitrogens with one attached hydrogen (secondary N) is 1. The van der Waals surface area contributed by atoms with Crippen molar-refractivity contribution in [3.05, 3.63) is 30.6 Å². The summed E-state index contributed by atoms with van der Waals surface area (Å²) in [5.74, 6) is 2.92. The molecule has 0 radical (unpaired) electrons. The van der Waals surface area contributed by atoms with Gasteiger partial charge in [0.05, 0.1) is 27.1 Å². The van der Waals surface area contributed by atoms with Gasteiger partial charge in [0.25, 0.3) is 0 Å². The Bertz CT molecular complexity index is 884. The Kier molecular flexibility index (Phi) is 8.22. The molecule has 0 bridgehead atoms. The van der Waals surface area contributed by atoms with Gasteiger partial charge in [0.2, 0.25) is 11.7 Å². The van der Waals surface area contributed by atoms with Gasteiger partial charge in [-0.15, -0.1) is 16.8 Å². The molecular formula is C22H30N4O4S. The summed E-state index contributed by atoms with van der Waals surface area (Å²) in [5.41, 5.74) is 0.565. The van der Waals surface area contributed by atoms with Crippen LogP contribution >= 0.6 is 11.8 Å². The van der Waals surface area contributed by atoms with Gasteiger partial charge in [0.15, 0.2) is 16.7 Å². The summed E-state index contributed by atoms with van der Waals surface area (Å²) >= 11 is 1.37. The van der Waals surface area contributed by atoms with Crippen molar-refractivity contribution >= 4 is 23.4 Å². The number of nitrogens with zero attached hydrogens (tertiary/aromatic N) is 3. The van der Waals surface area contributed by atoms with Crippen molar-refractivity contribution in [3.8, 4) is 17.2 Å². The Morgan fingerprint density at radius 2 is 1.84 bits per heavy atom. The molecule has 0 spiro atoms. The summed E-state index contributed by atoms with van der Waals surface area (Å²) in [6.07, 6.45) is 7.87. The van der Waals surface area contributed by atoms with E-state index in [4.69, 9.17) is 14.2 Å². The Hall–Kier alpha value is -2.68. The molecule has 0 aliphatic heterocycles. The number of hydrogen-bond acceptors (Lipinski definition) is 7. The number of amides is 1. The van der Waals surface area contributed by atoms with E-state index >= 15 is 0 Å². The summed E-state index contributed by atoms with van der Waals surface area (Å²) in [7, 11) is 4.61. The van der Waals surface area contributed by atoms with Crippen molar-refractivity contribution in [3.63, 3.8) is 0 Å². The first-order chi connectivity index (χ1) is 15.1. The molecule has 0 saturated heterocycles. The first-order valence-corrected chi connectivity index (χ1v) is 11.4. The first kappa shape index (κ1) is 23.0. The van der Waals surface area contributed by atoms with Crippen LogP contribution in [0, 0.1) is 0 Å². The van der Waals surface area contributed by atoms with Crippen LogP contribution in [0.4, 0.5) is 5.69 Å². The Morgan fingerprint density at radius 3 is 2.42 bits per heavy atom. The van der Waals surface area contributed by atoms with E-state index in [2.05, 4.69) is 26.7 Å². The van der Waals surface area contributed by atoms with Crippen LogP contribution in [0.2, 0.25) is 0 Å². The van der Waals surface area contributed by atoms with Crippen molar-refractivity contribution < 1.29 is 19.0 Å². The average Bonchev–Trinajstić information content (AvgIpc) is 3.20. The van der Waals surface area contributed by atoms with Crippen LogP contribution in [0.3, 0.4) is 0 Å². The second-order valence-corrected chi connectivity index (χ2v) is 8.27. The number of ether oxygens (including phenoxy) is 3. The molecule has 168 valence electrons. The number of thioether (sulfide) groups is 1. The topological polar surface area (TPSA) is 87.5 Å². The summed E-state index contributed by atoms with van der Waals surface area (Å²) in [6.45, 7) is 4.50. The lowest BCUT2D eigenvalue weighted by atomic mass is 9.89. The molecule has 1 aliphatic carbocycles. The number of carbonyl (C=O) groups is 1. The minimum Gasteiger partial charge on any atom is -0.493 e. The number of allylic oxidation sites excluding steroid dienone is 1. The summed E-state index contributed by atoms with van der Waals surface area (Å²) < 4.78 is 18.1. The molecule has 1 aliphatic rings. The summed E-state index contributed by atoms with van der Waals surface area (Å²) in [4.78, 5) is 12.6. The minimum atomic E-state index is -0.161. The molecular weight excluding hydrogens is 416 g/mol. The molecule has 1 aromatic carbocycles. The fourth-order valence-electron chi connectivity index (χ4n) is 3.85. The van der Waals surface area contributed by atoms with Crippen molar-refractivity contribution in [2.75, 3.05) is 32.4 Å². The van der Waals surface area contributed by atoms with E-state index in [1.165, 1.54) is 52.4 Å². The van der Waals surface area contributed by atoms with Crippen molar-refractivity contribution in [2.45, 2.75) is 49.7 Å². The third-order valence-corrected chi connectivity index (χ3v) is 6.28. The highest BCUT2D eigenvalue weighted by Crippen LogP contribution is 2.40. The molecule has 0 atom stereocenters. The maximum Gasteiger partial charge on any atom is 0.234 e. The molecule has 9 heteroatoms. The molecule has 1 aromatic heterocycles. The molecule has 31 heavy (non-hydrogen) atoms. The maximum atomic E-state index is 12.6. The second-order valence-electron chi connectivity index (χ2n) is 7.33. The number of methoxy groups -OCH3 is 3. The predicted octanol–water partition coefficient (Wildman–Crippen LogP) is 4.27. The average molecular weight is 447 g/mol. The second kappa shape index (κ2) is 11.1. The highest BCUT2D eigenvalue weighted by atomic mass is 32.2. The maximum absolute atomic E-state index is 12.6. The van der Waals surface area contributed by atoms with E-state index in [0.717, 1.165) is 23.8 Å². The largest absolute Gasteiger partial charge is 0.493 e. The van der Waals surface area contributed by atoms with Gasteiger partial charge in [-0.1, -0.05) is 37.1 Å². The van der Waals surface area contributed by atoms with Gasteiger partial charge in [-0.3, -0.25) is 4.79 Å². The lowest BCUT2D eigenvalue weighted by molar-refractivity contribution is -0.113. The monoisotopic (exact) mass is 446 g/mol. The molecule has 1 amide bonds. The molecule has 0 unspecified atom stereocenters. The van der Waals surface area contributed by atoms with Crippen LogP contribution in [-0.2, 0) is 11.3 Å². The molecule has 1 fully saturated rings. The van der Waals surface area contributed by atoms with Crippen molar-refractivity contribution in [2.24, 2.45) is 0 Å². The molecule has 1 heterocycles. The Balaban J connectivity index is 1.68. The first-order valence-electron chi connectivity index (χ1n) is 10.4. The third-order valence-electron chi connectivity index (χ3n) is 5.31. The van der Waals surface area contributed by atoms with E-state index in [0.29, 0.717) is 35.4 Å². The van der Waals surface area contributed by atoms with Gasteiger partial charge in [0, 0.05) is 30.3 Å². The number of aromatic nitrogens is 3. The zero-order chi connectivity index (χ0) is 22.2. The highest BCUT2D eigenvalue weighted by Gasteiger charge is 2.23. The molecule has 2 aromatic rings. The number of anilines is 1. The number of benzene rings is 1. The fraction of sp³-hybridized carbons (Fsp3) is 0.500. The molecule has 1 saturated carbocycles. The summed E-state index contributed by atoms with van der Waals surface area (Å²) in [6, 6.07) is 3.40. The standard InChI is InChI=1S/C22H30N4O4S/c1-5-11-26-21(15-9-7-6-8-10-15)24-25-22(26)31-14-19(27)23-16-12-17(28-2)20(30-4)18(13-16)29-3/h5,12-13,15H,1,6-11,14H2,2-4H3,(H,23,27). The quantitative estimate of drug-likeness (QED) is 0.431. The molecule has 3 rings (SSSR count). The lowest BCUT2D eigenvalue weighted by Crippen LogP contribution is -2.16. The van der Waals surface area contributed by atoms with Crippen molar-refractivity contribution in [1.82, 2.24) is 14.8 Å². The fourth-order valence-corrected chi connectivity index (χ4v) is 4.61. The number of carbonyl (C=O) groups excluding carboxylic acids is 1. The molecule has 1 N–H and O–H groups in total. The van der Waals surface area contributed by atoms with E-state index in [-0.39, 0.29) is 11.7 Å². The highest BCUT2D eigenvalue weighted by molar-refractivity contribution is 7.99. The van der Waals surface area contributed by atoms with Gasteiger partial charge in [-0.25, -0.2) is 0 Å². The van der Waals surface area contributed by atoms with Crippen LogP contribution in [0.15, 0.2) is 29.9 Å². The number of rotatable bonds is 10. The SMILES string of the molecule is C=CCn1c(SCC(=O)Nc2cc(OC)c(OC)c(OC)c2)nnc1C1CCCCC1. The minimum absolute atomic E-state index is 0.161. The smallest absolute Gasteiger partial charge is 0.234 e. The lowest BCUT2D eigenvalue weighted by Gasteiger charge is -2.21. The van der Waals surface area contributed by atoms with Gasteiger partial charge >= 0.3 is 0 Å². The van der Waals surface area contributed by atoms with Gasteiger partial charge in [0.1, 0.15) is 5.82 Å². The van der Waals surface area contributed by atoms with Gasteiger partial charge in [-0.05, 0) is 12.8 Å². The van der Waals surface area contributed by atoms with E-state index in [1.54, 1.807) is 12.1 Å². The Morgan fingerprint density at radius 1 is 1.16 bits per heavy atom. The van der Waals surface area contributed by atoms with Gasteiger partial charge < -0.3 is 24.1 Å². The van der Waals surface area contributed by atoms with E-state index < -0.39 is 0 Å². The number of hydrogen-bond donors (Lipinski definition) is 1. The van der Waals surface area contributed by atoms with Crippen LogP contribution < -0.4 is 19.5 Å². The Labute approximate surface area is 187 Å². The van der Waals surface area contributed by atoms with Crippen LogP contribution in [0.25, 0.3) is 0 Å². The van der Waals surface area contributed by atoms with Crippen LogP contribution in [-0.4, -0.2) is 47.8 Å². The summed E-state index contributed by atoms with van der Waals surface area (Å²) in [5, 5.41) is 12.4.